The third kappa shape index (κ3) is 5.10. The van der Waals surface area contributed by atoms with Gasteiger partial charge in [-0.15, -0.1) is 0 Å². The number of nitrogens with zero attached hydrogens (tertiary/aromatic N) is 2. The molecule has 6 rings (SSSR count). The van der Waals surface area contributed by atoms with Gasteiger partial charge in [-0.05, 0) is 18.4 Å². The fourth-order valence-electron chi connectivity index (χ4n) is 6.51. The molecule has 4 aliphatic rings. The van der Waals surface area contributed by atoms with Crippen LogP contribution in [0.1, 0.15) is 56.9 Å². The van der Waals surface area contributed by atoms with Gasteiger partial charge in [0.2, 0.25) is 0 Å². The van der Waals surface area contributed by atoms with Crippen molar-refractivity contribution < 1.29 is 23.2 Å². The maximum Gasteiger partial charge on any atom is 0.317 e. The van der Waals surface area contributed by atoms with Crippen molar-refractivity contribution in [2.75, 3.05) is 31.5 Å². The summed E-state index contributed by atoms with van der Waals surface area (Å²) in [5.74, 6) is -0.371. The minimum absolute atomic E-state index is 0.0854. The van der Waals surface area contributed by atoms with E-state index in [4.69, 9.17) is 4.74 Å². The van der Waals surface area contributed by atoms with Gasteiger partial charge in [0.25, 0.3) is 5.91 Å². The number of carbonyl (C=O) groups is 2. The van der Waals surface area contributed by atoms with Gasteiger partial charge < -0.3 is 14.5 Å². The van der Waals surface area contributed by atoms with Gasteiger partial charge in [-0.1, -0.05) is 56.0 Å². The summed E-state index contributed by atoms with van der Waals surface area (Å²) in [5.41, 5.74) is 0.859. The third-order valence-corrected chi connectivity index (χ3v) is 8.44. The first-order valence-corrected chi connectivity index (χ1v) is 13.0. The molecule has 0 spiro atoms. The molecule has 186 valence electrons. The number of nitrogens with one attached hydrogen (secondary N) is 1. The van der Waals surface area contributed by atoms with Crippen molar-refractivity contribution in [2.45, 2.75) is 62.9 Å². The molecule has 1 N–H and O–H groups in total. The van der Waals surface area contributed by atoms with Crippen molar-refractivity contribution in [2.24, 2.45) is 5.92 Å². The molecule has 1 aromatic carbocycles. The number of quaternary nitrogens is 1. The van der Waals surface area contributed by atoms with Crippen LogP contribution in [0.4, 0.5) is 10.1 Å². The van der Waals surface area contributed by atoms with Gasteiger partial charge in [-0.3, -0.25) is 14.6 Å². The molecule has 3 aliphatic heterocycles. The Morgan fingerprint density at radius 3 is 2.46 bits per heavy atom. The molecular formula is C28H35FN3O3+. The Morgan fingerprint density at radius 1 is 1.06 bits per heavy atom. The second-order valence-corrected chi connectivity index (χ2v) is 10.7. The molecule has 6 nitrogen and oxygen atoms in total. The van der Waals surface area contributed by atoms with Gasteiger partial charge in [0.15, 0.2) is 12.6 Å². The van der Waals surface area contributed by atoms with E-state index < -0.39 is 11.2 Å². The number of halogens is 1. The zero-order valence-corrected chi connectivity index (χ0v) is 20.3. The van der Waals surface area contributed by atoms with E-state index >= 15 is 0 Å². The molecule has 1 aromatic heterocycles. The molecule has 1 unspecified atom stereocenters. The second kappa shape index (κ2) is 10.1. The average Bonchev–Trinajstić information content (AvgIpc) is 3.12. The Morgan fingerprint density at radius 2 is 1.77 bits per heavy atom. The Labute approximate surface area is 206 Å². The van der Waals surface area contributed by atoms with E-state index in [0.717, 1.165) is 76.2 Å². The predicted molar refractivity (Wildman–Crippen MR) is 131 cm³/mol. The minimum atomic E-state index is -0.573. The van der Waals surface area contributed by atoms with Gasteiger partial charge in [0, 0.05) is 24.8 Å². The lowest BCUT2D eigenvalue weighted by molar-refractivity contribution is -0.939. The molecule has 1 aliphatic carbocycles. The van der Waals surface area contributed by atoms with Crippen molar-refractivity contribution in [3.63, 3.8) is 0 Å². The largest absolute Gasteiger partial charge is 0.455 e. The van der Waals surface area contributed by atoms with E-state index in [9.17, 15) is 14.0 Å². The Hall–Kier alpha value is -2.80. The highest BCUT2D eigenvalue weighted by atomic mass is 19.1. The van der Waals surface area contributed by atoms with E-state index in [0.29, 0.717) is 29.2 Å². The van der Waals surface area contributed by atoms with Crippen molar-refractivity contribution in [1.29, 1.82) is 0 Å². The molecule has 2 aromatic rings. The SMILES string of the molecule is O=C(C[N+]12CCC(CC1)C(OC(=O)C1(c3ccccc3)CCCCCC1)C2)Nc1cncc(F)c1. The van der Waals surface area contributed by atoms with Crippen LogP contribution in [0.2, 0.25) is 0 Å². The quantitative estimate of drug-likeness (QED) is 0.373. The monoisotopic (exact) mass is 480 g/mol. The third-order valence-electron chi connectivity index (χ3n) is 8.44. The summed E-state index contributed by atoms with van der Waals surface area (Å²) in [6.07, 6.45) is 10.3. The Balaban J connectivity index is 1.29. The van der Waals surface area contributed by atoms with E-state index in [-0.39, 0.29) is 18.0 Å². The number of aromatic nitrogens is 1. The zero-order chi connectivity index (χ0) is 24.3. The summed E-state index contributed by atoms with van der Waals surface area (Å²) in [7, 11) is 0. The fourth-order valence-corrected chi connectivity index (χ4v) is 6.51. The van der Waals surface area contributed by atoms with Gasteiger partial charge in [0.05, 0.1) is 36.6 Å². The Kier molecular flexibility index (Phi) is 6.87. The summed E-state index contributed by atoms with van der Waals surface area (Å²) in [4.78, 5) is 30.5. The molecule has 1 atom stereocenters. The number of piperidine rings is 3. The highest BCUT2D eigenvalue weighted by Gasteiger charge is 2.51. The number of amides is 1. The van der Waals surface area contributed by atoms with Crippen molar-refractivity contribution in [1.82, 2.24) is 4.98 Å². The van der Waals surface area contributed by atoms with Gasteiger partial charge in [-0.25, -0.2) is 4.39 Å². The number of rotatable bonds is 6. The molecule has 4 heterocycles. The Bertz CT molecular complexity index is 1040. The van der Waals surface area contributed by atoms with Crippen LogP contribution < -0.4 is 5.32 Å². The molecule has 2 bridgehead atoms. The number of fused-ring (bicyclic) bond motifs is 3. The minimum Gasteiger partial charge on any atom is -0.455 e. The van der Waals surface area contributed by atoms with Gasteiger partial charge in [0.1, 0.15) is 12.4 Å². The number of hydrogen-bond donors (Lipinski definition) is 1. The first kappa shape index (κ1) is 23.9. The average molecular weight is 481 g/mol. The van der Waals surface area contributed by atoms with Crippen LogP contribution in [-0.4, -0.2) is 53.6 Å². The lowest BCUT2D eigenvalue weighted by Gasteiger charge is -2.52. The van der Waals surface area contributed by atoms with E-state index in [1.54, 1.807) is 0 Å². The molecule has 35 heavy (non-hydrogen) atoms. The maximum absolute atomic E-state index is 13.9. The van der Waals surface area contributed by atoms with Crippen LogP contribution in [-0.2, 0) is 19.7 Å². The molecular weight excluding hydrogens is 445 g/mol. The van der Waals surface area contributed by atoms with E-state index in [1.165, 1.54) is 12.3 Å². The summed E-state index contributed by atoms with van der Waals surface area (Å²) in [6.45, 7) is 2.76. The lowest BCUT2D eigenvalue weighted by Crippen LogP contribution is -2.66. The number of carbonyl (C=O) groups excluding carboxylic acids is 2. The summed E-state index contributed by atoms with van der Waals surface area (Å²) in [5, 5.41) is 2.78. The number of esters is 1. The molecule has 1 saturated carbocycles. The number of anilines is 1. The summed E-state index contributed by atoms with van der Waals surface area (Å²) < 4.78 is 20.4. The smallest absolute Gasteiger partial charge is 0.317 e. The highest BCUT2D eigenvalue weighted by molar-refractivity contribution is 5.91. The highest BCUT2D eigenvalue weighted by Crippen LogP contribution is 2.42. The van der Waals surface area contributed by atoms with Crippen LogP contribution in [0.25, 0.3) is 0 Å². The normalized spacial score (nSPS) is 27.6. The van der Waals surface area contributed by atoms with Crippen LogP contribution >= 0.6 is 0 Å². The standard InChI is InChI=1S/C28H34FN3O3/c29-23-16-24(18-30-17-23)31-26(33)20-32-14-10-21(11-15-32)25(19-32)35-27(34)28(12-6-1-2-7-13-28)22-8-4-3-5-9-22/h3-5,8-9,16-18,21,25H,1-2,6-7,10-15,19-20H2/p+1. The lowest BCUT2D eigenvalue weighted by atomic mass is 9.74. The van der Waals surface area contributed by atoms with Crippen molar-refractivity contribution in [3.05, 3.63) is 60.2 Å². The van der Waals surface area contributed by atoms with Crippen LogP contribution in [0, 0.1) is 11.7 Å². The van der Waals surface area contributed by atoms with Gasteiger partial charge in [-0.2, -0.15) is 0 Å². The van der Waals surface area contributed by atoms with E-state index in [2.05, 4.69) is 22.4 Å². The van der Waals surface area contributed by atoms with Crippen LogP contribution in [0.3, 0.4) is 0 Å². The fraction of sp³-hybridized carbons (Fsp3) is 0.536. The second-order valence-electron chi connectivity index (χ2n) is 10.7. The maximum atomic E-state index is 13.9. The predicted octanol–water partition coefficient (Wildman–Crippen LogP) is 4.60. The molecule has 3 saturated heterocycles. The zero-order valence-electron chi connectivity index (χ0n) is 20.3. The summed E-state index contributed by atoms with van der Waals surface area (Å²) >= 11 is 0. The van der Waals surface area contributed by atoms with Crippen molar-refractivity contribution >= 4 is 17.6 Å². The van der Waals surface area contributed by atoms with Crippen molar-refractivity contribution in [3.8, 4) is 0 Å². The first-order valence-electron chi connectivity index (χ1n) is 13.0. The topological polar surface area (TPSA) is 68.3 Å². The van der Waals surface area contributed by atoms with Gasteiger partial charge >= 0.3 is 5.97 Å². The summed E-state index contributed by atoms with van der Waals surface area (Å²) in [6, 6.07) is 11.4. The number of benzene rings is 1. The van der Waals surface area contributed by atoms with Crippen LogP contribution in [0.5, 0.6) is 0 Å². The number of pyridine rings is 1. The molecule has 1 amide bonds. The molecule has 7 heteroatoms. The first-order chi connectivity index (χ1) is 17.0. The molecule has 4 fully saturated rings. The number of ether oxygens (including phenoxy) is 1. The van der Waals surface area contributed by atoms with Crippen LogP contribution in [0.15, 0.2) is 48.8 Å². The molecule has 0 radical (unpaired) electrons. The number of hydrogen-bond acceptors (Lipinski definition) is 4. The van der Waals surface area contributed by atoms with E-state index in [1.807, 2.05) is 18.2 Å².